The molecular formula is C11H10ClFO3. The van der Waals surface area contributed by atoms with Crippen molar-refractivity contribution in [2.75, 3.05) is 7.11 Å². The monoisotopic (exact) mass is 244 g/mol. The molecule has 3 nitrogen and oxygen atoms in total. The molecule has 2 rings (SSSR count). The van der Waals surface area contributed by atoms with Crippen LogP contribution in [0.2, 0.25) is 5.02 Å². The van der Waals surface area contributed by atoms with Crippen LogP contribution in [0, 0.1) is 5.82 Å². The lowest BCUT2D eigenvalue weighted by Gasteiger charge is -2.33. The van der Waals surface area contributed by atoms with E-state index < -0.39 is 11.9 Å². The molecule has 0 aliphatic heterocycles. The summed E-state index contributed by atoms with van der Waals surface area (Å²) in [4.78, 5) is 11.1. The van der Waals surface area contributed by atoms with Crippen molar-refractivity contribution in [2.24, 2.45) is 0 Å². The minimum absolute atomic E-state index is 0.00531. The number of ether oxygens (including phenoxy) is 2. The fourth-order valence-corrected chi connectivity index (χ4v) is 1.80. The number of ketones is 1. The van der Waals surface area contributed by atoms with Crippen molar-refractivity contribution < 1.29 is 18.7 Å². The molecule has 2 unspecified atom stereocenters. The summed E-state index contributed by atoms with van der Waals surface area (Å²) in [6, 6.07) is 3.86. The van der Waals surface area contributed by atoms with Gasteiger partial charge in [-0.15, -0.1) is 0 Å². The SMILES string of the molecule is COC1C(=O)CC1Oc1ccc(F)cc1Cl. The molecular weight excluding hydrogens is 235 g/mol. The largest absolute Gasteiger partial charge is 0.485 e. The third-order valence-corrected chi connectivity index (χ3v) is 2.78. The molecule has 0 aromatic heterocycles. The summed E-state index contributed by atoms with van der Waals surface area (Å²) < 4.78 is 23.2. The topological polar surface area (TPSA) is 35.5 Å². The molecule has 16 heavy (non-hydrogen) atoms. The molecule has 2 atom stereocenters. The smallest absolute Gasteiger partial charge is 0.169 e. The Morgan fingerprint density at radius 2 is 2.25 bits per heavy atom. The molecule has 0 radical (unpaired) electrons. The summed E-state index contributed by atoms with van der Waals surface area (Å²) >= 11 is 5.79. The van der Waals surface area contributed by atoms with Crippen molar-refractivity contribution in [3.8, 4) is 5.75 Å². The van der Waals surface area contributed by atoms with E-state index in [0.717, 1.165) is 0 Å². The number of hydrogen-bond acceptors (Lipinski definition) is 3. The van der Waals surface area contributed by atoms with Crippen LogP contribution in [0.1, 0.15) is 6.42 Å². The summed E-state index contributed by atoms with van der Waals surface area (Å²) in [5.41, 5.74) is 0. The van der Waals surface area contributed by atoms with E-state index in [1.54, 1.807) is 0 Å². The van der Waals surface area contributed by atoms with Crippen LogP contribution in [0.4, 0.5) is 4.39 Å². The van der Waals surface area contributed by atoms with E-state index in [4.69, 9.17) is 21.1 Å². The van der Waals surface area contributed by atoms with E-state index in [0.29, 0.717) is 12.2 Å². The van der Waals surface area contributed by atoms with Crippen molar-refractivity contribution in [3.05, 3.63) is 29.0 Å². The molecule has 1 aromatic carbocycles. The van der Waals surface area contributed by atoms with E-state index in [9.17, 15) is 9.18 Å². The predicted molar refractivity (Wildman–Crippen MR) is 56.2 cm³/mol. The lowest BCUT2D eigenvalue weighted by molar-refractivity contribution is -0.150. The second-order valence-electron chi connectivity index (χ2n) is 3.56. The number of benzene rings is 1. The Hall–Kier alpha value is -1.13. The summed E-state index contributed by atoms with van der Waals surface area (Å²) in [5, 5.41) is 0.189. The average Bonchev–Trinajstić information content (AvgIpc) is 2.21. The molecule has 1 aromatic rings. The van der Waals surface area contributed by atoms with E-state index in [1.807, 2.05) is 0 Å². The van der Waals surface area contributed by atoms with Crippen LogP contribution in [-0.4, -0.2) is 25.1 Å². The average molecular weight is 245 g/mol. The highest BCUT2D eigenvalue weighted by molar-refractivity contribution is 6.32. The van der Waals surface area contributed by atoms with Crippen LogP contribution in [0.5, 0.6) is 5.75 Å². The van der Waals surface area contributed by atoms with Crippen LogP contribution in [0.3, 0.4) is 0 Å². The minimum Gasteiger partial charge on any atom is -0.485 e. The van der Waals surface area contributed by atoms with E-state index in [1.165, 1.54) is 25.3 Å². The Morgan fingerprint density at radius 1 is 1.50 bits per heavy atom. The van der Waals surface area contributed by atoms with Crippen LogP contribution in [0.25, 0.3) is 0 Å². The van der Waals surface area contributed by atoms with Crippen LogP contribution < -0.4 is 4.74 Å². The number of rotatable bonds is 3. The van der Waals surface area contributed by atoms with Crippen LogP contribution in [-0.2, 0) is 9.53 Å². The fourth-order valence-electron chi connectivity index (χ4n) is 1.59. The second-order valence-corrected chi connectivity index (χ2v) is 3.96. The minimum atomic E-state index is -0.541. The molecule has 0 spiro atoms. The van der Waals surface area contributed by atoms with Gasteiger partial charge >= 0.3 is 0 Å². The van der Waals surface area contributed by atoms with Crippen molar-refractivity contribution in [3.63, 3.8) is 0 Å². The Bertz CT molecular complexity index is 422. The van der Waals surface area contributed by atoms with Crippen molar-refractivity contribution in [1.29, 1.82) is 0 Å². The van der Waals surface area contributed by atoms with Gasteiger partial charge in [0.1, 0.15) is 17.7 Å². The summed E-state index contributed by atoms with van der Waals surface area (Å²) in [6.07, 6.45) is -0.576. The molecule has 0 N–H and O–H groups in total. The molecule has 0 heterocycles. The number of carbonyl (C=O) groups excluding carboxylic acids is 1. The first-order chi connectivity index (χ1) is 7.61. The molecule has 1 aliphatic carbocycles. The molecule has 1 fully saturated rings. The number of carbonyl (C=O) groups is 1. The second kappa shape index (κ2) is 4.39. The first-order valence-corrected chi connectivity index (χ1v) is 5.17. The van der Waals surface area contributed by atoms with Crippen molar-refractivity contribution in [2.45, 2.75) is 18.6 Å². The van der Waals surface area contributed by atoms with Gasteiger partial charge in [0.05, 0.1) is 5.02 Å². The van der Waals surface area contributed by atoms with Gasteiger partial charge in [0, 0.05) is 13.5 Å². The molecule has 5 heteroatoms. The number of methoxy groups -OCH3 is 1. The maximum absolute atomic E-state index is 12.8. The predicted octanol–water partition coefficient (Wildman–Crippen LogP) is 2.21. The molecule has 0 bridgehead atoms. The van der Waals surface area contributed by atoms with Gasteiger partial charge < -0.3 is 9.47 Å². The van der Waals surface area contributed by atoms with Crippen molar-refractivity contribution in [1.82, 2.24) is 0 Å². The third-order valence-electron chi connectivity index (χ3n) is 2.48. The van der Waals surface area contributed by atoms with E-state index in [-0.39, 0.29) is 16.9 Å². The van der Waals surface area contributed by atoms with Gasteiger partial charge in [0.15, 0.2) is 11.9 Å². The van der Waals surface area contributed by atoms with E-state index in [2.05, 4.69) is 0 Å². The maximum Gasteiger partial charge on any atom is 0.169 e. The summed E-state index contributed by atoms with van der Waals surface area (Å²) in [7, 11) is 1.45. The first-order valence-electron chi connectivity index (χ1n) is 4.79. The summed E-state index contributed by atoms with van der Waals surface area (Å²) in [5.74, 6) is -0.0568. The van der Waals surface area contributed by atoms with Gasteiger partial charge in [-0.05, 0) is 18.2 Å². The van der Waals surface area contributed by atoms with Crippen LogP contribution in [0.15, 0.2) is 18.2 Å². The maximum atomic E-state index is 12.8. The third kappa shape index (κ3) is 2.03. The normalized spacial score (nSPS) is 24.1. The highest BCUT2D eigenvalue weighted by atomic mass is 35.5. The number of halogens is 2. The summed E-state index contributed by atoms with van der Waals surface area (Å²) in [6.45, 7) is 0. The highest BCUT2D eigenvalue weighted by Crippen LogP contribution is 2.30. The van der Waals surface area contributed by atoms with Gasteiger partial charge in [-0.3, -0.25) is 4.79 Å². The highest BCUT2D eigenvalue weighted by Gasteiger charge is 2.42. The Kier molecular flexibility index (Phi) is 3.12. The molecule has 0 saturated heterocycles. The Balaban J connectivity index is 2.07. The quantitative estimate of drug-likeness (QED) is 0.818. The zero-order valence-corrected chi connectivity index (χ0v) is 9.33. The zero-order chi connectivity index (χ0) is 11.7. The van der Waals surface area contributed by atoms with Gasteiger partial charge in [-0.1, -0.05) is 11.6 Å². The molecule has 0 amide bonds. The first kappa shape index (κ1) is 11.4. The van der Waals surface area contributed by atoms with Crippen molar-refractivity contribution >= 4 is 17.4 Å². The van der Waals surface area contributed by atoms with E-state index >= 15 is 0 Å². The standard InChI is InChI=1S/C11H10ClFO3/c1-15-11-8(14)5-10(11)16-9-3-2-6(13)4-7(9)12/h2-4,10-11H,5H2,1H3. The Labute approximate surface area is 97.1 Å². The lowest BCUT2D eigenvalue weighted by Crippen LogP contribution is -2.51. The van der Waals surface area contributed by atoms with Gasteiger partial charge in [0.25, 0.3) is 0 Å². The Morgan fingerprint density at radius 3 is 2.81 bits per heavy atom. The molecule has 1 aliphatic rings. The van der Waals surface area contributed by atoms with Gasteiger partial charge in [-0.25, -0.2) is 4.39 Å². The zero-order valence-electron chi connectivity index (χ0n) is 8.57. The number of hydrogen-bond donors (Lipinski definition) is 0. The van der Waals surface area contributed by atoms with Gasteiger partial charge in [-0.2, -0.15) is 0 Å². The number of Topliss-reactive ketones (excluding diaryl/α,β-unsaturated/α-hetero) is 1. The lowest BCUT2D eigenvalue weighted by atomic mass is 9.90. The fraction of sp³-hybridized carbons (Fsp3) is 0.364. The molecule has 1 saturated carbocycles. The van der Waals surface area contributed by atoms with Crippen LogP contribution >= 0.6 is 11.6 Å². The molecule has 86 valence electrons. The van der Waals surface area contributed by atoms with Gasteiger partial charge in [0.2, 0.25) is 0 Å².